The molecule has 0 unspecified atom stereocenters. The van der Waals surface area contributed by atoms with Crippen molar-refractivity contribution in [3.63, 3.8) is 0 Å². The summed E-state index contributed by atoms with van der Waals surface area (Å²) in [6, 6.07) is 2.34. The van der Waals surface area contributed by atoms with E-state index < -0.39 is 29.1 Å². The Hall–Kier alpha value is -1.21. The van der Waals surface area contributed by atoms with Crippen LogP contribution in [0.25, 0.3) is 0 Å². The molecule has 22 heavy (non-hydrogen) atoms. The van der Waals surface area contributed by atoms with Crippen molar-refractivity contribution in [3.05, 3.63) is 22.7 Å². The van der Waals surface area contributed by atoms with Crippen LogP contribution in [0, 0.1) is 0 Å². The molecule has 0 amide bonds. The lowest BCUT2D eigenvalue weighted by Crippen LogP contribution is -2.52. The Labute approximate surface area is 129 Å². The first-order valence-corrected chi connectivity index (χ1v) is 7.26. The average Bonchev–Trinajstić information content (AvgIpc) is 2.89. The van der Waals surface area contributed by atoms with E-state index in [0.29, 0.717) is 12.1 Å². The normalized spacial score (nSPS) is 24.3. The van der Waals surface area contributed by atoms with E-state index in [0.717, 1.165) is 31.7 Å². The summed E-state index contributed by atoms with van der Waals surface area (Å²) in [4.78, 5) is 0. The molecular weight excluding hydrogens is 326 g/mol. The Morgan fingerprint density at radius 3 is 2.00 bits per heavy atom. The Balaban J connectivity index is 2.07. The first-order valence-electron chi connectivity index (χ1n) is 6.89. The fourth-order valence-electron chi connectivity index (χ4n) is 3.13. The number of alkyl halides is 4. The molecule has 1 aromatic rings. The van der Waals surface area contributed by atoms with Gasteiger partial charge in [0.1, 0.15) is 0 Å². The molecule has 2 aliphatic rings. The van der Waals surface area contributed by atoms with Gasteiger partial charge in [0.25, 0.3) is 0 Å². The highest BCUT2D eigenvalue weighted by Crippen LogP contribution is 2.51. The molecule has 0 atom stereocenters. The number of hydrogen-bond acceptors (Lipinski definition) is 3. The molecule has 1 aliphatic heterocycles. The van der Waals surface area contributed by atoms with Gasteiger partial charge in [-0.1, -0.05) is 24.4 Å². The van der Waals surface area contributed by atoms with Crippen LogP contribution in [0.5, 0.6) is 11.5 Å². The second kappa shape index (κ2) is 4.89. The number of ether oxygens (including phenoxy) is 2. The molecule has 8 heteroatoms. The van der Waals surface area contributed by atoms with E-state index >= 15 is 0 Å². The standard InChI is InChI=1S/C14H14ClF4NO2/c15-9-6-11-10(21-13(16,17)14(18,19)22-11)5-8(9)12(7-20)3-1-2-4-12/h5-6H,1-4,7,20H2. The third-order valence-electron chi connectivity index (χ3n) is 4.37. The van der Waals surface area contributed by atoms with Gasteiger partial charge in [0, 0.05) is 23.0 Å². The van der Waals surface area contributed by atoms with Gasteiger partial charge in [-0.2, -0.15) is 17.6 Å². The van der Waals surface area contributed by atoms with Gasteiger partial charge in [-0.25, -0.2) is 0 Å². The highest BCUT2D eigenvalue weighted by Gasteiger charge is 2.66. The molecular formula is C14H14ClF4NO2. The summed E-state index contributed by atoms with van der Waals surface area (Å²) in [7, 11) is 0. The van der Waals surface area contributed by atoms with E-state index in [4.69, 9.17) is 17.3 Å². The highest BCUT2D eigenvalue weighted by atomic mass is 35.5. The van der Waals surface area contributed by atoms with Crippen LogP contribution >= 0.6 is 11.6 Å². The van der Waals surface area contributed by atoms with E-state index in [2.05, 4.69) is 9.47 Å². The Bertz CT molecular complexity index is 603. The molecule has 1 aromatic carbocycles. The zero-order valence-electron chi connectivity index (χ0n) is 11.5. The highest BCUT2D eigenvalue weighted by molar-refractivity contribution is 6.31. The van der Waals surface area contributed by atoms with Crippen LogP contribution in [0.4, 0.5) is 17.6 Å². The number of nitrogens with two attached hydrogens (primary N) is 1. The summed E-state index contributed by atoms with van der Waals surface area (Å²) in [5.41, 5.74) is 5.94. The van der Waals surface area contributed by atoms with E-state index in [9.17, 15) is 17.6 Å². The number of halogens is 5. The topological polar surface area (TPSA) is 44.5 Å². The van der Waals surface area contributed by atoms with Crippen molar-refractivity contribution in [2.24, 2.45) is 5.73 Å². The van der Waals surface area contributed by atoms with Gasteiger partial charge in [-0.05, 0) is 24.5 Å². The lowest BCUT2D eigenvalue weighted by molar-refractivity contribution is -0.391. The fraction of sp³-hybridized carbons (Fsp3) is 0.571. The molecule has 3 rings (SSSR count). The minimum atomic E-state index is -4.75. The molecule has 0 aromatic heterocycles. The average molecular weight is 340 g/mol. The lowest BCUT2D eigenvalue weighted by Gasteiger charge is -2.34. The van der Waals surface area contributed by atoms with Gasteiger partial charge >= 0.3 is 12.2 Å². The number of hydrogen-bond donors (Lipinski definition) is 1. The first kappa shape index (κ1) is 15.7. The number of fused-ring (bicyclic) bond motifs is 1. The van der Waals surface area contributed by atoms with Crippen LogP contribution in [0.1, 0.15) is 31.2 Å². The zero-order valence-corrected chi connectivity index (χ0v) is 12.2. The van der Waals surface area contributed by atoms with Crippen molar-refractivity contribution in [2.75, 3.05) is 6.54 Å². The van der Waals surface area contributed by atoms with Crippen molar-refractivity contribution in [3.8, 4) is 11.5 Å². The van der Waals surface area contributed by atoms with Crippen LogP contribution in [-0.2, 0) is 5.41 Å². The van der Waals surface area contributed by atoms with Crippen LogP contribution < -0.4 is 15.2 Å². The Morgan fingerprint density at radius 1 is 1.00 bits per heavy atom. The summed E-state index contributed by atoms with van der Waals surface area (Å²) in [6.07, 6.45) is -6.09. The summed E-state index contributed by atoms with van der Waals surface area (Å²) >= 11 is 6.15. The van der Waals surface area contributed by atoms with Gasteiger partial charge in [0.2, 0.25) is 0 Å². The quantitative estimate of drug-likeness (QED) is 0.826. The summed E-state index contributed by atoms with van der Waals surface area (Å²) in [5.74, 6) is -0.954. The van der Waals surface area contributed by atoms with Crippen LogP contribution in [-0.4, -0.2) is 18.8 Å². The van der Waals surface area contributed by atoms with Gasteiger partial charge in [0.15, 0.2) is 11.5 Å². The molecule has 1 fully saturated rings. The molecule has 1 saturated carbocycles. The number of rotatable bonds is 2. The fourth-order valence-corrected chi connectivity index (χ4v) is 3.49. The zero-order chi connectivity index (χ0) is 16.2. The maximum Gasteiger partial charge on any atom is 0.507 e. The maximum absolute atomic E-state index is 13.3. The SMILES string of the molecule is NCC1(c2cc3c(cc2Cl)OC(F)(F)C(F)(F)O3)CCCC1. The molecule has 0 radical (unpaired) electrons. The number of benzene rings is 1. The molecule has 1 aliphatic carbocycles. The molecule has 3 nitrogen and oxygen atoms in total. The molecule has 1 heterocycles. The molecule has 0 saturated heterocycles. The van der Waals surface area contributed by atoms with Crippen molar-refractivity contribution in [2.45, 2.75) is 43.3 Å². The summed E-state index contributed by atoms with van der Waals surface area (Å²) in [5, 5.41) is 0.163. The second-order valence-corrected chi connectivity index (χ2v) is 6.12. The van der Waals surface area contributed by atoms with Crippen molar-refractivity contribution >= 4 is 11.6 Å². The maximum atomic E-state index is 13.3. The van der Waals surface area contributed by atoms with Gasteiger partial charge in [0.05, 0.1) is 0 Å². The van der Waals surface area contributed by atoms with Crippen molar-refractivity contribution in [1.82, 2.24) is 0 Å². The molecule has 122 valence electrons. The smallest absolute Gasteiger partial charge is 0.421 e. The summed E-state index contributed by atoms with van der Waals surface area (Å²) < 4.78 is 61.2. The predicted molar refractivity (Wildman–Crippen MR) is 71.8 cm³/mol. The van der Waals surface area contributed by atoms with E-state index in [1.165, 1.54) is 6.07 Å². The third kappa shape index (κ3) is 2.22. The molecule has 0 spiro atoms. The van der Waals surface area contributed by atoms with Crippen LogP contribution in [0.2, 0.25) is 5.02 Å². The molecule has 0 bridgehead atoms. The van der Waals surface area contributed by atoms with Gasteiger partial charge in [-0.15, -0.1) is 0 Å². The first-order chi connectivity index (χ1) is 10.2. The minimum absolute atomic E-state index is 0.163. The largest absolute Gasteiger partial charge is 0.507 e. The second-order valence-electron chi connectivity index (χ2n) is 5.71. The molecule has 2 N–H and O–H groups in total. The third-order valence-corrected chi connectivity index (χ3v) is 4.68. The monoisotopic (exact) mass is 339 g/mol. The lowest BCUT2D eigenvalue weighted by atomic mass is 9.79. The van der Waals surface area contributed by atoms with Crippen molar-refractivity contribution < 1.29 is 27.0 Å². The van der Waals surface area contributed by atoms with Gasteiger partial charge < -0.3 is 15.2 Å². The van der Waals surface area contributed by atoms with E-state index in [-0.39, 0.29) is 5.02 Å². The predicted octanol–water partition coefficient (Wildman–Crippen LogP) is 4.07. The summed E-state index contributed by atoms with van der Waals surface area (Å²) in [6.45, 7) is 0.291. The van der Waals surface area contributed by atoms with Crippen molar-refractivity contribution in [1.29, 1.82) is 0 Å². The Morgan fingerprint density at radius 2 is 1.50 bits per heavy atom. The minimum Gasteiger partial charge on any atom is -0.421 e. The van der Waals surface area contributed by atoms with Crippen LogP contribution in [0.15, 0.2) is 12.1 Å². The van der Waals surface area contributed by atoms with Crippen LogP contribution in [0.3, 0.4) is 0 Å². The Kier molecular flexibility index (Phi) is 3.49. The van der Waals surface area contributed by atoms with Gasteiger partial charge in [-0.3, -0.25) is 0 Å². The van der Waals surface area contributed by atoms with E-state index in [1.54, 1.807) is 0 Å². The van der Waals surface area contributed by atoms with E-state index in [1.807, 2.05) is 0 Å².